The Bertz CT molecular complexity index is 527. The first-order valence-electron chi connectivity index (χ1n) is 4.98. The first kappa shape index (κ1) is 23.5. The van der Waals surface area contributed by atoms with E-state index >= 15 is 0 Å². The van der Waals surface area contributed by atoms with Gasteiger partial charge in [-0.25, -0.2) is 0 Å². The van der Waals surface area contributed by atoms with Crippen molar-refractivity contribution in [2.24, 2.45) is 0 Å². The molecule has 17 heteroatoms. The van der Waals surface area contributed by atoms with E-state index in [2.05, 4.69) is 0 Å². The molecule has 0 radical (unpaired) electrons. The Labute approximate surface area is 124 Å². The number of hydrogen-bond acceptors (Lipinski definition) is 1. The molecule has 150 valence electrons. The molecule has 0 rings (SSSR count). The summed E-state index contributed by atoms with van der Waals surface area (Å²) < 4.78 is 198. The Morgan fingerprint density at radius 2 is 0.680 bits per heavy atom. The number of alkyl halides is 15. The van der Waals surface area contributed by atoms with E-state index in [9.17, 15) is 75.0 Å². The molecule has 0 amide bonds. The van der Waals surface area contributed by atoms with Crippen LogP contribution in [0.3, 0.4) is 0 Å². The van der Waals surface area contributed by atoms with Crippen molar-refractivity contribution >= 4 is 6.04 Å². The average Bonchev–Trinajstić information content (AvgIpc) is 2.35. The van der Waals surface area contributed by atoms with E-state index in [1.807, 2.05) is 0 Å². The van der Waals surface area contributed by atoms with Crippen molar-refractivity contribution in [3.05, 3.63) is 0 Å². The van der Waals surface area contributed by atoms with Crippen LogP contribution in [0.25, 0.3) is 0 Å². The van der Waals surface area contributed by atoms with Crippen molar-refractivity contribution in [3.8, 4) is 0 Å². The van der Waals surface area contributed by atoms with E-state index in [1.54, 1.807) is 0 Å². The van der Waals surface area contributed by atoms with E-state index < -0.39 is 47.7 Å². The summed E-state index contributed by atoms with van der Waals surface area (Å²) in [5.41, 5.74) is 0. The van der Waals surface area contributed by atoms with Crippen LogP contribution < -0.4 is 0 Å². The molecule has 0 saturated heterocycles. The third-order valence-corrected chi connectivity index (χ3v) is 2.57. The summed E-state index contributed by atoms with van der Waals surface area (Å²) in [4.78, 5) is 9.50. The Balaban J connectivity index is 6.55. The Morgan fingerprint density at radius 1 is 0.440 bits per heavy atom. The van der Waals surface area contributed by atoms with Gasteiger partial charge in [-0.3, -0.25) is 4.79 Å². The lowest BCUT2D eigenvalue weighted by molar-refractivity contribution is -0.449. The van der Waals surface area contributed by atoms with Crippen LogP contribution in [0.1, 0.15) is 0 Å². The average molecular weight is 416 g/mol. The quantitative estimate of drug-likeness (QED) is 0.447. The first-order chi connectivity index (χ1) is 10.4. The molecule has 0 N–H and O–H groups in total. The lowest BCUT2D eigenvalue weighted by atomic mass is 9.91. The molecular weight excluding hydrogens is 416 g/mol. The second-order valence-electron chi connectivity index (χ2n) is 4.22. The fraction of sp³-hybridized carbons (Fsp3) is 0.875. The predicted molar refractivity (Wildman–Crippen MR) is 41.9 cm³/mol. The number of rotatable bonds is 6. The van der Waals surface area contributed by atoms with Crippen LogP contribution >= 0.6 is 0 Å². The third kappa shape index (κ3) is 2.78. The zero-order chi connectivity index (χ0) is 21.1. The normalized spacial score (nSPS) is 16.2. The molecule has 0 aliphatic rings. The monoisotopic (exact) mass is 416 g/mol. The molecule has 0 aliphatic carbocycles. The van der Waals surface area contributed by atoms with E-state index in [4.69, 9.17) is 0 Å². The van der Waals surface area contributed by atoms with Crippen LogP contribution in [0.4, 0.5) is 70.2 Å². The number of carbonyl (C=O) groups excluding carboxylic acids is 1. The van der Waals surface area contributed by atoms with Gasteiger partial charge >= 0.3 is 47.7 Å². The van der Waals surface area contributed by atoms with E-state index in [-0.39, 0.29) is 0 Å². The van der Waals surface area contributed by atoms with Crippen molar-refractivity contribution in [3.63, 3.8) is 0 Å². The molecular formula is C8F16O. The highest BCUT2D eigenvalue weighted by Gasteiger charge is 2.94. The van der Waals surface area contributed by atoms with Gasteiger partial charge in [0.05, 0.1) is 0 Å². The lowest BCUT2D eigenvalue weighted by Crippen LogP contribution is -2.73. The van der Waals surface area contributed by atoms with Crippen LogP contribution in [0.5, 0.6) is 0 Å². The molecule has 1 nitrogen and oxygen atoms in total. The van der Waals surface area contributed by atoms with Gasteiger partial charge in [0.15, 0.2) is 0 Å². The molecule has 25 heavy (non-hydrogen) atoms. The maximum absolute atomic E-state index is 12.8. The maximum Gasteiger partial charge on any atom is 0.460 e. The topological polar surface area (TPSA) is 17.1 Å². The highest BCUT2D eigenvalue weighted by atomic mass is 19.4. The van der Waals surface area contributed by atoms with Gasteiger partial charge in [0.2, 0.25) is 0 Å². The minimum absolute atomic E-state index is 4.78. The van der Waals surface area contributed by atoms with Crippen LogP contribution in [0, 0.1) is 0 Å². The Hall–Kier alpha value is -1.45. The number of hydrogen-bond donors (Lipinski definition) is 0. The van der Waals surface area contributed by atoms with Crippen molar-refractivity contribution in [2.45, 2.75) is 41.7 Å². The molecule has 0 atom stereocenters. The van der Waals surface area contributed by atoms with Gasteiger partial charge in [-0.05, 0) is 0 Å². The van der Waals surface area contributed by atoms with Crippen LogP contribution in [-0.2, 0) is 4.79 Å². The van der Waals surface area contributed by atoms with Gasteiger partial charge in [-0.2, -0.15) is 70.2 Å². The summed E-state index contributed by atoms with van der Waals surface area (Å²) >= 11 is 0. The SMILES string of the molecule is O=C(F)C(F)(F)C(F)(F)C(F)(F)C(F)(F)C(F)(F)C(F)(F)C(F)(F)F. The molecule has 0 bridgehead atoms. The van der Waals surface area contributed by atoms with Gasteiger partial charge < -0.3 is 0 Å². The molecule has 0 heterocycles. The van der Waals surface area contributed by atoms with E-state index in [0.717, 1.165) is 0 Å². The number of halogens is 16. The van der Waals surface area contributed by atoms with E-state index in [1.165, 1.54) is 0 Å². The standard InChI is InChI=1S/C8F16O/c9-1(25)2(10,11)3(12,13)4(14,15)5(16,17)6(18,19)7(20,21)8(22,23)24. The minimum atomic E-state index is -8.53. The molecule has 0 aromatic heterocycles. The van der Waals surface area contributed by atoms with E-state index in [0.29, 0.717) is 0 Å². The molecule has 0 spiro atoms. The second-order valence-corrected chi connectivity index (χ2v) is 4.22. The molecule has 0 aliphatic heterocycles. The first-order valence-corrected chi connectivity index (χ1v) is 4.98. The summed E-state index contributed by atoms with van der Waals surface area (Å²) in [7, 11) is 0. The van der Waals surface area contributed by atoms with Gasteiger partial charge in [0.1, 0.15) is 0 Å². The fourth-order valence-electron chi connectivity index (χ4n) is 1.09. The van der Waals surface area contributed by atoms with Gasteiger partial charge in [-0.1, -0.05) is 0 Å². The van der Waals surface area contributed by atoms with Crippen molar-refractivity contribution in [2.75, 3.05) is 0 Å². The summed E-state index contributed by atoms with van der Waals surface area (Å²) in [6, 6.07) is -4.78. The molecule has 0 aromatic carbocycles. The summed E-state index contributed by atoms with van der Waals surface area (Å²) in [5.74, 6) is -49.1. The van der Waals surface area contributed by atoms with Crippen LogP contribution in [0.15, 0.2) is 0 Å². The largest absolute Gasteiger partial charge is 0.460 e. The van der Waals surface area contributed by atoms with Crippen molar-refractivity contribution in [1.82, 2.24) is 0 Å². The Morgan fingerprint density at radius 3 is 0.920 bits per heavy atom. The zero-order valence-corrected chi connectivity index (χ0v) is 10.5. The molecule has 0 fully saturated rings. The van der Waals surface area contributed by atoms with Crippen molar-refractivity contribution < 1.29 is 75.0 Å². The van der Waals surface area contributed by atoms with Crippen LogP contribution in [0.2, 0.25) is 0 Å². The molecule has 0 saturated carbocycles. The van der Waals surface area contributed by atoms with Gasteiger partial charge in [0, 0.05) is 0 Å². The predicted octanol–water partition coefficient (Wildman–Crippen LogP) is 4.86. The van der Waals surface area contributed by atoms with Crippen LogP contribution in [-0.4, -0.2) is 47.7 Å². The molecule has 0 aromatic rings. The molecule has 0 unspecified atom stereocenters. The summed E-state index contributed by atoms with van der Waals surface area (Å²) in [6.45, 7) is 0. The summed E-state index contributed by atoms with van der Waals surface area (Å²) in [5, 5.41) is 0. The minimum Gasteiger partial charge on any atom is -0.254 e. The lowest BCUT2D eigenvalue weighted by Gasteiger charge is -2.40. The maximum atomic E-state index is 12.8. The fourth-order valence-corrected chi connectivity index (χ4v) is 1.09. The highest BCUT2D eigenvalue weighted by Crippen LogP contribution is 2.62. The number of carbonyl (C=O) groups is 1. The second kappa shape index (κ2) is 5.52. The van der Waals surface area contributed by atoms with Crippen molar-refractivity contribution in [1.29, 1.82) is 0 Å². The highest BCUT2D eigenvalue weighted by molar-refractivity contribution is 5.78. The smallest absolute Gasteiger partial charge is 0.254 e. The van der Waals surface area contributed by atoms with Gasteiger partial charge in [-0.15, -0.1) is 0 Å². The zero-order valence-electron chi connectivity index (χ0n) is 10.5. The third-order valence-electron chi connectivity index (χ3n) is 2.57. The summed E-state index contributed by atoms with van der Waals surface area (Å²) in [6.07, 6.45) is -7.72. The van der Waals surface area contributed by atoms with Gasteiger partial charge in [0.25, 0.3) is 0 Å². The Kier molecular flexibility index (Phi) is 5.20.